The van der Waals surface area contributed by atoms with Gasteiger partial charge in [-0.15, -0.1) is 0 Å². The second-order valence-electron chi connectivity index (χ2n) is 4.17. The van der Waals surface area contributed by atoms with E-state index in [2.05, 4.69) is 21.2 Å². The first-order chi connectivity index (χ1) is 8.16. The third-order valence-corrected chi connectivity index (χ3v) is 3.34. The number of nitrogens with two attached hydrogens (primary N) is 1. The van der Waals surface area contributed by atoms with Crippen molar-refractivity contribution in [1.29, 1.82) is 0 Å². The zero-order valence-electron chi connectivity index (χ0n) is 9.41. The van der Waals surface area contributed by atoms with Gasteiger partial charge in [0.25, 0.3) is 5.91 Å². The topological polar surface area (TPSA) is 64.4 Å². The van der Waals surface area contributed by atoms with Crippen molar-refractivity contribution in [2.75, 3.05) is 19.7 Å². The quantitative estimate of drug-likeness (QED) is 0.886. The van der Waals surface area contributed by atoms with Crippen LogP contribution in [0.1, 0.15) is 16.8 Å². The van der Waals surface area contributed by atoms with E-state index < -0.39 is 5.91 Å². The second kappa shape index (κ2) is 5.51. The molecule has 1 aromatic rings. The molecule has 1 amide bonds. The van der Waals surface area contributed by atoms with Crippen molar-refractivity contribution in [1.82, 2.24) is 5.32 Å². The molecule has 5 heteroatoms. The van der Waals surface area contributed by atoms with Crippen LogP contribution in [0.15, 0.2) is 22.7 Å². The van der Waals surface area contributed by atoms with E-state index in [9.17, 15) is 4.79 Å². The van der Waals surface area contributed by atoms with Gasteiger partial charge < -0.3 is 15.8 Å². The molecule has 2 rings (SSSR count). The maximum Gasteiger partial charge on any atom is 0.252 e. The Kier molecular flexibility index (Phi) is 4.02. The van der Waals surface area contributed by atoms with Gasteiger partial charge in [0.2, 0.25) is 0 Å². The van der Waals surface area contributed by atoms with E-state index in [1.165, 1.54) is 0 Å². The SMILES string of the molecule is NC(=O)c1cc(Br)ccc1OCC1CCNC1. The van der Waals surface area contributed by atoms with Crippen LogP contribution < -0.4 is 15.8 Å². The molecule has 92 valence electrons. The van der Waals surface area contributed by atoms with E-state index in [-0.39, 0.29) is 0 Å². The lowest BCUT2D eigenvalue weighted by Gasteiger charge is -2.13. The van der Waals surface area contributed by atoms with E-state index in [1.54, 1.807) is 12.1 Å². The van der Waals surface area contributed by atoms with Crippen molar-refractivity contribution in [3.05, 3.63) is 28.2 Å². The Labute approximate surface area is 109 Å². The van der Waals surface area contributed by atoms with Gasteiger partial charge in [-0.05, 0) is 31.2 Å². The predicted molar refractivity (Wildman–Crippen MR) is 69.1 cm³/mol. The smallest absolute Gasteiger partial charge is 0.252 e. The van der Waals surface area contributed by atoms with Gasteiger partial charge in [-0.25, -0.2) is 0 Å². The van der Waals surface area contributed by atoms with E-state index in [0.29, 0.717) is 23.8 Å². The second-order valence-corrected chi connectivity index (χ2v) is 5.09. The molecule has 0 spiro atoms. The lowest BCUT2D eigenvalue weighted by Crippen LogP contribution is -2.18. The van der Waals surface area contributed by atoms with Gasteiger partial charge in [-0.1, -0.05) is 15.9 Å². The Morgan fingerprint density at radius 3 is 3.06 bits per heavy atom. The molecule has 0 radical (unpaired) electrons. The van der Waals surface area contributed by atoms with Gasteiger partial charge in [0.15, 0.2) is 0 Å². The van der Waals surface area contributed by atoms with E-state index >= 15 is 0 Å². The van der Waals surface area contributed by atoms with Crippen LogP contribution in [0, 0.1) is 5.92 Å². The van der Waals surface area contributed by atoms with Crippen molar-refractivity contribution in [3.8, 4) is 5.75 Å². The lowest BCUT2D eigenvalue weighted by molar-refractivity contribution is 0.0995. The molecule has 4 nitrogen and oxygen atoms in total. The van der Waals surface area contributed by atoms with Crippen LogP contribution in [0.4, 0.5) is 0 Å². The molecule has 3 N–H and O–H groups in total. The van der Waals surface area contributed by atoms with Crippen LogP contribution in [0.5, 0.6) is 5.75 Å². The van der Waals surface area contributed by atoms with Crippen LogP contribution in [-0.2, 0) is 0 Å². The standard InChI is InChI=1S/C12H15BrN2O2/c13-9-1-2-11(10(5-9)12(14)16)17-7-8-3-4-15-6-8/h1-2,5,8,15H,3-4,6-7H2,(H2,14,16). The monoisotopic (exact) mass is 298 g/mol. The van der Waals surface area contributed by atoms with Crippen molar-refractivity contribution >= 4 is 21.8 Å². The normalized spacial score (nSPS) is 19.2. The highest BCUT2D eigenvalue weighted by molar-refractivity contribution is 9.10. The summed E-state index contributed by atoms with van der Waals surface area (Å²) in [5, 5.41) is 3.28. The zero-order chi connectivity index (χ0) is 12.3. The van der Waals surface area contributed by atoms with Gasteiger partial charge >= 0.3 is 0 Å². The van der Waals surface area contributed by atoms with E-state index in [1.807, 2.05) is 6.07 Å². The number of primary amides is 1. The molecule has 1 aliphatic heterocycles. The Morgan fingerprint density at radius 1 is 1.59 bits per heavy atom. The number of carbonyl (C=O) groups is 1. The van der Waals surface area contributed by atoms with Gasteiger partial charge in [0, 0.05) is 16.9 Å². The molecule has 0 saturated carbocycles. The van der Waals surface area contributed by atoms with Gasteiger partial charge in [0.05, 0.1) is 12.2 Å². The molecule has 1 aromatic carbocycles. The number of benzene rings is 1. The lowest BCUT2D eigenvalue weighted by atomic mass is 10.1. The van der Waals surface area contributed by atoms with Crippen LogP contribution in [0.25, 0.3) is 0 Å². The molecule has 0 aromatic heterocycles. The van der Waals surface area contributed by atoms with Crippen LogP contribution in [0.2, 0.25) is 0 Å². The molecule has 1 unspecified atom stereocenters. The fraction of sp³-hybridized carbons (Fsp3) is 0.417. The number of hydrogen-bond donors (Lipinski definition) is 2. The molecule has 1 heterocycles. The first kappa shape index (κ1) is 12.4. The summed E-state index contributed by atoms with van der Waals surface area (Å²) < 4.78 is 6.50. The molecular weight excluding hydrogens is 284 g/mol. The van der Waals surface area contributed by atoms with Gasteiger partial charge in [0.1, 0.15) is 5.75 Å². The molecule has 1 atom stereocenters. The average molecular weight is 299 g/mol. The third kappa shape index (κ3) is 3.20. The number of ether oxygens (including phenoxy) is 1. The molecule has 0 bridgehead atoms. The minimum Gasteiger partial charge on any atom is -0.492 e. The maximum atomic E-state index is 11.3. The van der Waals surface area contributed by atoms with Crippen molar-refractivity contribution in [3.63, 3.8) is 0 Å². The minimum atomic E-state index is -0.467. The minimum absolute atomic E-state index is 0.422. The predicted octanol–water partition coefficient (Wildman–Crippen LogP) is 1.54. The van der Waals surface area contributed by atoms with E-state index in [0.717, 1.165) is 24.0 Å². The molecule has 1 aliphatic rings. The van der Waals surface area contributed by atoms with Gasteiger partial charge in [-0.2, -0.15) is 0 Å². The molecule has 1 saturated heterocycles. The fourth-order valence-electron chi connectivity index (χ4n) is 1.88. The van der Waals surface area contributed by atoms with Crippen LogP contribution >= 0.6 is 15.9 Å². The summed E-state index contributed by atoms with van der Waals surface area (Å²) in [6.07, 6.45) is 1.11. The summed E-state index contributed by atoms with van der Waals surface area (Å²) >= 11 is 3.31. The number of carbonyl (C=O) groups excluding carboxylic acids is 1. The first-order valence-electron chi connectivity index (χ1n) is 5.59. The average Bonchev–Trinajstić information content (AvgIpc) is 2.80. The molecule has 17 heavy (non-hydrogen) atoms. The van der Waals surface area contributed by atoms with Crippen LogP contribution in [0.3, 0.4) is 0 Å². The first-order valence-corrected chi connectivity index (χ1v) is 6.39. The Morgan fingerprint density at radius 2 is 2.41 bits per heavy atom. The van der Waals surface area contributed by atoms with Crippen LogP contribution in [-0.4, -0.2) is 25.6 Å². The summed E-state index contributed by atoms with van der Waals surface area (Å²) in [6.45, 7) is 2.63. The Hall–Kier alpha value is -1.07. The molecule has 1 fully saturated rings. The van der Waals surface area contributed by atoms with Crippen molar-refractivity contribution in [2.24, 2.45) is 11.7 Å². The molecule has 0 aliphatic carbocycles. The van der Waals surface area contributed by atoms with Crippen molar-refractivity contribution < 1.29 is 9.53 Å². The summed E-state index contributed by atoms with van der Waals surface area (Å²) in [7, 11) is 0. The Balaban J connectivity index is 2.06. The number of hydrogen-bond acceptors (Lipinski definition) is 3. The highest BCUT2D eigenvalue weighted by atomic mass is 79.9. The number of rotatable bonds is 4. The highest BCUT2D eigenvalue weighted by Crippen LogP contribution is 2.23. The summed E-state index contributed by atoms with van der Waals surface area (Å²) in [4.78, 5) is 11.3. The largest absolute Gasteiger partial charge is 0.492 e. The summed E-state index contributed by atoms with van der Waals surface area (Å²) in [6, 6.07) is 5.30. The van der Waals surface area contributed by atoms with Gasteiger partial charge in [-0.3, -0.25) is 4.79 Å². The zero-order valence-corrected chi connectivity index (χ0v) is 11.0. The summed E-state index contributed by atoms with van der Waals surface area (Å²) in [5.41, 5.74) is 5.74. The highest BCUT2D eigenvalue weighted by Gasteiger charge is 2.16. The van der Waals surface area contributed by atoms with E-state index in [4.69, 9.17) is 10.5 Å². The fourth-order valence-corrected chi connectivity index (χ4v) is 2.25. The maximum absolute atomic E-state index is 11.3. The molecular formula is C12H15BrN2O2. The van der Waals surface area contributed by atoms with Crippen molar-refractivity contribution in [2.45, 2.75) is 6.42 Å². The number of amides is 1. The number of nitrogens with one attached hydrogen (secondary N) is 1. The Bertz CT molecular complexity index is 417. The number of halogens is 1. The third-order valence-electron chi connectivity index (χ3n) is 2.84. The summed E-state index contributed by atoms with van der Waals surface area (Å²) in [5.74, 6) is 0.609.